The molecule has 0 saturated heterocycles. The third-order valence-corrected chi connectivity index (χ3v) is 4.82. The predicted molar refractivity (Wildman–Crippen MR) is 115 cm³/mol. The molecule has 0 aliphatic heterocycles. The van der Waals surface area contributed by atoms with Crippen molar-refractivity contribution < 1.29 is 19.1 Å². The van der Waals surface area contributed by atoms with Gasteiger partial charge in [-0.25, -0.2) is 4.79 Å². The fourth-order valence-corrected chi connectivity index (χ4v) is 3.42. The van der Waals surface area contributed by atoms with Crippen molar-refractivity contribution in [1.82, 2.24) is 16.0 Å². The number of amides is 2. The summed E-state index contributed by atoms with van der Waals surface area (Å²) in [6.07, 6.45) is 1.14. The SMILES string of the molecule is C=CCNCCOCNC(=O)CNC(=O)OCC1c2ccccc2-c2ccccc21. The van der Waals surface area contributed by atoms with Gasteiger partial charge in [-0.2, -0.15) is 0 Å². The summed E-state index contributed by atoms with van der Waals surface area (Å²) >= 11 is 0. The van der Waals surface area contributed by atoms with Crippen LogP contribution in [0.5, 0.6) is 0 Å². The molecule has 0 spiro atoms. The largest absolute Gasteiger partial charge is 0.449 e. The van der Waals surface area contributed by atoms with Crippen LogP contribution in [0.2, 0.25) is 0 Å². The van der Waals surface area contributed by atoms with E-state index in [0.29, 0.717) is 19.7 Å². The number of fused-ring (bicyclic) bond motifs is 3. The first kappa shape index (κ1) is 21.5. The zero-order valence-electron chi connectivity index (χ0n) is 16.9. The molecule has 2 aromatic rings. The Morgan fingerprint density at radius 2 is 1.67 bits per heavy atom. The molecule has 7 nitrogen and oxygen atoms in total. The first-order valence-corrected chi connectivity index (χ1v) is 9.95. The second-order valence-corrected chi connectivity index (χ2v) is 6.82. The molecular formula is C23H27N3O4. The number of nitrogens with one attached hydrogen (secondary N) is 3. The minimum Gasteiger partial charge on any atom is -0.449 e. The number of benzene rings is 2. The number of hydrogen-bond donors (Lipinski definition) is 3. The molecule has 7 heteroatoms. The van der Waals surface area contributed by atoms with Crippen LogP contribution in [0.25, 0.3) is 11.1 Å². The van der Waals surface area contributed by atoms with Crippen LogP contribution < -0.4 is 16.0 Å². The van der Waals surface area contributed by atoms with Crippen LogP contribution in [0.3, 0.4) is 0 Å². The van der Waals surface area contributed by atoms with Gasteiger partial charge in [-0.3, -0.25) is 4.79 Å². The van der Waals surface area contributed by atoms with Gasteiger partial charge in [-0.05, 0) is 22.3 Å². The van der Waals surface area contributed by atoms with Crippen molar-refractivity contribution in [3.05, 3.63) is 72.3 Å². The second-order valence-electron chi connectivity index (χ2n) is 6.82. The number of carbonyl (C=O) groups is 2. The summed E-state index contributed by atoms with van der Waals surface area (Å²) in [5, 5.41) is 8.13. The average molecular weight is 409 g/mol. The Morgan fingerprint density at radius 1 is 1.00 bits per heavy atom. The Labute approximate surface area is 176 Å². The Kier molecular flexibility index (Phi) is 8.00. The van der Waals surface area contributed by atoms with E-state index >= 15 is 0 Å². The van der Waals surface area contributed by atoms with Crippen molar-refractivity contribution in [3.63, 3.8) is 0 Å². The molecule has 1 aliphatic carbocycles. The van der Waals surface area contributed by atoms with Gasteiger partial charge in [0.1, 0.15) is 19.9 Å². The lowest BCUT2D eigenvalue weighted by Crippen LogP contribution is -2.38. The van der Waals surface area contributed by atoms with Crippen molar-refractivity contribution in [2.24, 2.45) is 0 Å². The van der Waals surface area contributed by atoms with Gasteiger partial charge in [-0.1, -0.05) is 54.6 Å². The smallest absolute Gasteiger partial charge is 0.407 e. The van der Waals surface area contributed by atoms with Gasteiger partial charge in [0.15, 0.2) is 0 Å². The highest BCUT2D eigenvalue weighted by Gasteiger charge is 2.28. The van der Waals surface area contributed by atoms with Gasteiger partial charge in [0.05, 0.1) is 6.61 Å². The number of carbonyl (C=O) groups excluding carboxylic acids is 2. The lowest BCUT2D eigenvalue weighted by Gasteiger charge is -2.14. The maximum atomic E-state index is 12.0. The van der Waals surface area contributed by atoms with Crippen LogP contribution in [-0.2, 0) is 14.3 Å². The molecule has 0 heterocycles. The van der Waals surface area contributed by atoms with E-state index in [-0.39, 0.29) is 31.7 Å². The van der Waals surface area contributed by atoms with Crippen molar-refractivity contribution >= 4 is 12.0 Å². The third kappa shape index (κ3) is 5.68. The molecular weight excluding hydrogens is 382 g/mol. The molecule has 0 aromatic heterocycles. The molecule has 0 fully saturated rings. The van der Waals surface area contributed by atoms with Crippen molar-refractivity contribution in [2.75, 3.05) is 39.6 Å². The molecule has 2 aromatic carbocycles. The molecule has 0 saturated carbocycles. The lowest BCUT2D eigenvalue weighted by molar-refractivity contribution is -0.121. The summed E-state index contributed by atoms with van der Waals surface area (Å²) in [6.45, 7) is 5.57. The van der Waals surface area contributed by atoms with E-state index in [1.54, 1.807) is 6.08 Å². The van der Waals surface area contributed by atoms with E-state index < -0.39 is 6.09 Å². The maximum Gasteiger partial charge on any atom is 0.407 e. The normalized spacial score (nSPS) is 12.0. The quantitative estimate of drug-likeness (QED) is 0.301. The zero-order chi connectivity index (χ0) is 21.2. The van der Waals surface area contributed by atoms with E-state index in [1.807, 2.05) is 24.3 Å². The van der Waals surface area contributed by atoms with Crippen molar-refractivity contribution in [3.8, 4) is 11.1 Å². The predicted octanol–water partition coefficient (Wildman–Crippen LogP) is 2.39. The molecule has 0 bridgehead atoms. The maximum absolute atomic E-state index is 12.0. The Morgan fingerprint density at radius 3 is 2.33 bits per heavy atom. The van der Waals surface area contributed by atoms with E-state index in [4.69, 9.17) is 9.47 Å². The Hall–Kier alpha value is -3.16. The van der Waals surface area contributed by atoms with Gasteiger partial charge in [-0.15, -0.1) is 6.58 Å². The molecule has 0 radical (unpaired) electrons. The Balaban J connectivity index is 1.38. The standard InChI is InChI=1S/C23H27N3O4/c1-2-11-24-12-13-29-16-26-22(27)14-25-23(28)30-15-21-19-9-5-3-7-17(19)18-8-4-6-10-20(18)21/h2-10,21,24H,1,11-16H2,(H,25,28)(H,26,27). The summed E-state index contributed by atoms with van der Waals surface area (Å²) in [7, 11) is 0. The van der Waals surface area contributed by atoms with E-state index in [9.17, 15) is 9.59 Å². The summed E-state index contributed by atoms with van der Waals surface area (Å²) in [5.74, 6) is -0.359. The second kappa shape index (κ2) is 11.1. The van der Waals surface area contributed by atoms with Crippen LogP contribution in [0.15, 0.2) is 61.2 Å². The molecule has 0 atom stereocenters. The minimum absolute atomic E-state index is 0.0138. The topological polar surface area (TPSA) is 88.7 Å². The van der Waals surface area contributed by atoms with Gasteiger partial charge in [0.2, 0.25) is 5.91 Å². The highest BCUT2D eigenvalue weighted by molar-refractivity contribution is 5.82. The monoisotopic (exact) mass is 409 g/mol. The summed E-state index contributed by atoms with van der Waals surface area (Å²) in [5.41, 5.74) is 4.62. The van der Waals surface area contributed by atoms with Gasteiger partial charge in [0.25, 0.3) is 0 Å². The zero-order valence-corrected chi connectivity index (χ0v) is 16.9. The molecule has 3 rings (SSSR count). The molecule has 2 amide bonds. The van der Waals surface area contributed by atoms with Crippen LogP contribution in [-0.4, -0.2) is 51.6 Å². The van der Waals surface area contributed by atoms with Crippen LogP contribution >= 0.6 is 0 Å². The van der Waals surface area contributed by atoms with Crippen LogP contribution in [0.1, 0.15) is 17.0 Å². The molecule has 3 N–H and O–H groups in total. The van der Waals surface area contributed by atoms with E-state index in [2.05, 4.69) is 46.8 Å². The fraction of sp³-hybridized carbons (Fsp3) is 0.304. The van der Waals surface area contributed by atoms with Crippen LogP contribution in [0, 0.1) is 0 Å². The highest BCUT2D eigenvalue weighted by Crippen LogP contribution is 2.44. The van der Waals surface area contributed by atoms with Crippen molar-refractivity contribution in [1.29, 1.82) is 0 Å². The summed E-state index contributed by atoms with van der Waals surface area (Å²) < 4.78 is 10.7. The van der Waals surface area contributed by atoms with Gasteiger partial charge < -0.3 is 25.4 Å². The number of hydrogen-bond acceptors (Lipinski definition) is 5. The average Bonchev–Trinajstić information content (AvgIpc) is 3.09. The first-order valence-electron chi connectivity index (χ1n) is 9.95. The number of ether oxygens (including phenoxy) is 2. The molecule has 30 heavy (non-hydrogen) atoms. The van der Waals surface area contributed by atoms with E-state index in [0.717, 1.165) is 11.1 Å². The third-order valence-electron chi connectivity index (χ3n) is 4.82. The number of rotatable bonds is 11. The minimum atomic E-state index is -0.624. The lowest BCUT2D eigenvalue weighted by atomic mass is 9.98. The molecule has 158 valence electrons. The van der Waals surface area contributed by atoms with Crippen molar-refractivity contribution in [2.45, 2.75) is 5.92 Å². The summed E-state index contributed by atoms with van der Waals surface area (Å²) in [4.78, 5) is 23.8. The van der Waals surface area contributed by atoms with Gasteiger partial charge >= 0.3 is 6.09 Å². The fourth-order valence-electron chi connectivity index (χ4n) is 3.42. The highest BCUT2D eigenvalue weighted by atomic mass is 16.5. The van der Waals surface area contributed by atoms with Gasteiger partial charge in [0, 0.05) is 19.0 Å². The first-order chi connectivity index (χ1) is 14.7. The summed E-state index contributed by atoms with van der Waals surface area (Å²) in [6, 6.07) is 16.3. The van der Waals surface area contributed by atoms with Crippen LogP contribution in [0.4, 0.5) is 4.79 Å². The molecule has 1 aliphatic rings. The molecule has 0 unspecified atom stereocenters. The van der Waals surface area contributed by atoms with E-state index in [1.165, 1.54) is 11.1 Å². The number of alkyl carbamates (subject to hydrolysis) is 1. The Bertz CT molecular complexity index is 839.